The van der Waals surface area contributed by atoms with E-state index in [2.05, 4.69) is 21.0 Å². The number of nitrogens with zero attached hydrogens (tertiary/aromatic N) is 2. The summed E-state index contributed by atoms with van der Waals surface area (Å²) in [4.78, 5) is 0. The molecule has 0 unspecified atom stereocenters. The Hall–Kier alpha value is -1.17. The summed E-state index contributed by atoms with van der Waals surface area (Å²) in [6.07, 6.45) is 0.515. The third kappa shape index (κ3) is 3.05. The van der Waals surface area contributed by atoms with E-state index in [-0.39, 0.29) is 13.2 Å². The summed E-state index contributed by atoms with van der Waals surface area (Å²) >= 11 is 3.55. The van der Waals surface area contributed by atoms with Crippen molar-refractivity contribution in [2.75, 3.05) is 13.2 Å². The van der Waals surface area contributed by atoms with Crippen LogP contribution in [0.1, 0.15) is 22.5 Å². The molecular formula is C16H21BrN2O2. The van der Waals surface area contributed by atoms with Crippen molar-refractivity contribution in [1.82, 2.24) is 9.78 Å². The highest BCUT2D eigenvalue weighted by Gasteiger charge is 2.33. The van der Waals surface area contributed by atoms with E-state index in [0.717, 1.165) is 27.0 Å². The minimum Gasteiger partial charge on any atom is -0.395 e. The van der Waals surface area contributed by atoms with Crippen molar-refractivity contribution in [3.8, 4) is 0 Å². The Morgan fingerprint density at radius 2 is 1.90 bits per heavy atom. The average molecular weight is 353 g/mol. The van der Waals surface area contributed by atoms with E-state index < -0.39 is 5.41 Å². The standard InChI is InChI=1S/C16H21BrN2O2/c1-11-5-4-6-13(7-11)16(9-20,10-21)8-14-15(17)12(2)18-19(14)3/h4-7,20-21H,8-10H2,1-3H3. The normalized spacial score (nSPS) is 11.9. The van der Waals surface area contributed by atoms with Gasteiger partial charge in [-0.15, -0.1) is 0 Å². The van der Waals surface area contributed by atoms with Gasteiger partial charge in [0.1, 0.15) is 0 Å². The first kappa shape index (κ1) is 16.2. The van der Waals surface area contributed by atoms with Crippen LogP contribution in [0.3, 0.4) is 0 Å². The van der Waals surface area contributed by atoms with Crippen molar-refractivity contribution in [2.24, 2.45) is 7.05 Å². The quantitative estimate of drug-likeness (QED) is 0.867. The molecule has 0 radical (unpaired) electrons. The van der Waals surface area contributed by atoms with Gasteiger partial charge in [-0.25, -0.2) is 0 Å². The van der Waals surface area contributed by atoms with Crippen LogP contribution < -0.4 is 0 Å². The monoisotopic (exact) mass is 352 g/mol. The molecule has 0 bridgehead atoms. The maximum absolute atomic E-state index is 9.97. The van der Waals surface area contributed by atoms with Crippen LogP contribution in [0.5, 0.6) is 0 Å². The Morgan fingerprint density at radius 3 is 2.38 bits per heavy atom. The highest BCUT2D eigenvalue weighted by molar-refractivity contribution is 9.10. The summed E-state index contributed by atoms with van der Waals surface area (Å²) in [6.45, 7) is 3.69. The van der Waals surface area contributed by atoms with Gasteiger partial charge in [-0.05, 0) is 35.3 Å². The number of hydrogen-bond donors (Lipinski definition) is 2. The van der Waals surface area contributed by atoms with Gasteiger partial charge in [0, 0.05) is 18.9 Å². The summed E-state index contributed by atoms with van der Waals surface area (Å²) < 4.78 is 2.74. The van der Waals surface area contributed by atoms with E-state index in [4.69, 9.17) is 0 Å². The van der Waals surface area contributed by atoms with Gasteiger partial charge < -0.3 is 10.2 Å². The van der Waals surface area contributed by atoms with Crippen LogP contribution >= 0.6 is 15.9 Å². The van der Waals surface area contributed by atoms with E-state index in [1.807, 2.05) is 45.2 Å². The number of aliphatic hydroxyl groups excluding tert-OH is 2. The second kappa shape index (κ2) is 6.30. The minimum atomic E-state index is -0.714. The zero-order valence-electron chi connectivity index (χ0n) is 12.6. The van der Waals surface area contributed by atoms with Gasteiger partial charge in [0.2, 0.25) is 0 Å². The number of aliphatic hydroxyl groups is 2. The van der Waals surface area contributed by atoms with Crippen LogP contribution in [0.2, 0.25) is 0 Å². The zero-order chi connectivity index (χ0) is 15.6. The maximum Gasteiger partial charge on any atom is 0.0738 e. The molecule has 0 fully saturated rings. The number of benzene rings is 1. The first-order chi connectivity index (χ1) is 9.93. The molecule has 114 valence electrons. The van der Waals surface area contributed by atoms with E-state index in [9.17, 15) is 10.2 Å². The Morgan fingerprint density at radius 1 is 1.24 bits per heavy atom. The molecule has 0 aliphatic rings. The molecule has 0 saturated heterocycles. The third-order valence-electron chi connectivity index (χ3n) is 4.00. The Kier molecular flexibility index (Phi) is 4.86. The predicted molar refractivity (Wildman–Crippen MR) is 86.4 cm³/mol. The van der Waals surface area contributed by atoms with Gasteiger partial charge in [-0.2, -0.15) is 5.10 Å². The van der Waals surface area contributed by atoms with Crippen molar-refractivity contribution >= 4 is 15.9 Å². The molecule has 1 aromatic heterocycles. The molecule has 5 heteroatoms. The van der Waals surface area contributed by atoms with Crippen molar-refractivity contribution in [1.29, 1.82) is 0 Å². The van der Waals surface area contributed by atoms with Crippen molar-refractivity contribution in [3.63, 3.8) is 0 Å². The van der Waals surface area contributed by atoms with Crippen LogP contribution in [0, 0.1) is 13.8 Å². The Labute approximate surface area is 133 Å². The fraction of sp³-hybridized carbons (Fsp3) is 0.438. The molecule has 2 N–H and O–H groups in total. The van der Waals surface area contributed by atoms with Gasteiger partial charge in [-0.3, -0.25) is 4.68 Å². The maximum atomic E-state index is 9.97. The molecule has 21 heavy (non-hydrogen) atoms. The second-order valence-corrected chi connectivity index (χ2v) is 6.41. The largest absolute Gasteiger partial charge is 0.395 e. The number of rotatable bonds is 5. The molecule has 2 rings (SSSR count). The molecule has 2 aromatic rings. The van der Waals surface area contributed by atoms with Gasteiger partial charge in [0.25, 0.3) is 0 Å². The molecule has 0 aliphatic carbocycles. The van der Waals surface area contributed by atoms with E-state index >= 15 is 0 Å². The SMILES string of the molecule is Cc1cccc(C(CO)(CO)Cc2c(Br)c(C)nn2C)c1. The lowest BCUT2D eigenvalue weighted by Gasteiger charge is -2.31. The zero-order valence-corrected chi connectivity index (χ0v) is 14.2. The van der Waals surface area contributed by atoms with Crippen molar-refractivity contribution < 1.29 is 10.2 Å². The lowest BCUT2D eigenvalue weighted by molar-refractivity contribution is 0.114. The average Bonchev–Trinajstić information content (AvgIpc) is 2.70. The lowest BCUT2D eigenvalue weighted by Crippen LogP contribution is -2.38. The molecule has 0 saturated carbocycles. The van der Waals surface area contributed by atoms with E-state index in [0.29, 0.717) is 6.42 Å². The molecule has 0 aliphatic heterocycles. The topological polar surface area (TPSA) is 58.3 Å². The molecule has 0 atom stereocenters. The van der Waals surface area contributed by atoms with Crippen LogP contribution in [-0.4, -0.2) is 33.2 Å². The highest BCUT2D eigenvalue weighted by Crippen LogP contribution is 2.32. The second-order valence-electron chi connectivity index (χ2n) is 5.61. The molecule has 0 amide bonds. The number of aromatic nitrogens is 2. The molecular weight excluding hydrogens is 332 g/mol. The number of aryl methyl sites for hydroxylation is 3. The van der Waals surface area contributed by atoms with Crippen LogP contribution in [-0.2, 0) is 18.9 Å². The summed E-state index contributed by atoms with van der Waals surface area (Å²) in [5.74, 6) is 0. The van der Waals surface area contributed by atoms with Crippen molar-refractivity contribution in [3.05, 3.63) is 51.3 Å². The third-order valence-corrected chi connectivity index (χ3v) is 5.03. The molecule has 0 spiro atoms. The Bertz CT molecular complexity index is 633. The fourth-order valence-corrected chi connectivity index (χ4v) is 3.09. The minimum absolute atomic E-state index is 0.121. The van der Waals surface area contributed by atoms with Crippen LogP contribution in [0.15, 0.2) is 28.7 Å². The van der Waals surface area contributed by atoms with E-state index in [1.165, 1.54) is 0 Å². The summed E-state index contributed by atoms with van der Waals surface area (Å²) in [6, 6.07) is 7.93. The predicted octanol–water partition coefficient (Wildman–Crippen LogP) is 2.26. The molecule has 1 heterocycles. The van der Waals surface area contributed by atoms with Crippen LogP contribution in [0.25, 0.3) is 0 Å². The van der Waals surface area contributed by atoms with E-state index in [1.54, 1.807) is 4.68 Å². The first-order valence-electron chi connectivity index (χ1n) is 6.90. The van der Waals surface area contributed by atoms with Crippen molar-refractivity contribution in [2.45, 2.75) is 25.7 Å². The Balaban J connectivity index is 2.48. The van der Waals surface area contributed by atoms with Gasteiger partial charge >= 0.3 is 0 Å². The first-order valence-corrected chi connectivity index (χ1v) is 7.69. The lowest BCUT2D eigenvalue weighted by atomic mass is 9.77. The molecule has 1 aromatic carbocycles. The van der Waals surface area contributed by atoms with Gasteiger partial charge in [-0.1, -0.05) is 29.8 Å². The van der Waals surface area contributed by atoms with Gasteiger partial charge in [0.15, 0.2) is 0 Å². The smallest absolute Gasteiger partial charge is 0.0738 e. The highest BCUT2D eigenvalue weighted by atomic mass is 79.9. The molecule has 4 nitrogen and oxygen atoms in total. The number of hydrogen-bond acceptors (Lipinski definition) is 3. The summed E-state index contributed by atoms with van der Waals surface area (Å²) in [5, 5.41) is 24.3. The van der Waals surface area contributed by atoms with Gasteiger partial charge in [0.05, 0.1) is 29.1 Å². The summed E-state index contributed by atoms with van der Waals surface area (Å²) in [7, 11) is 1.88. The fourth-order valence-electron chi connectivity index (χ4n) is 2.61. The number of halogens is 1. The van der Waals surface area contributed by atoms with Crippen LogP contribution in [0.4, 0.5) is 0 Å². The summed E-state index contributed by atoms with van der Waals surface area (Å²) in [5.41, 5.74) is 3.21.